The topological polar surface area (TPSA) is 111 Å². The van der Waals surface area contributed by atoms with Crippen LogP contribution in [0.3, 0.4) is 0 Å². The Morgan fingerprint density at radius 1 is 1.16 bits per heavy atom. The van der Waals surface area contributed by atoms with Gasteiger partial charge in [0.25, 0.3) is 0 Å². The van der Waals surface area contributed by atoms with E-state index in [9.17, 15) is 13.2 Å². The number of rotatable bonds is 4. The van der Waals surface area contributed by atoms with Crippen molar-refractivity contribution in [2.75, 3.05) is 6.79 Å². The molecular formula is C15H11ClN2O6S. The van der Waals surface area contributed by atoms with Crippen molar-refractivity contribution in [3.05, 3.63) is 51.5 Å². The van der Waals surface area contributed by atoms with Crippen LogP contribution in [-0.2, 0) is 16.6 Å². The molecule has 2 aromatic carbocycles. The van der Waals surface area contributed by atoms with Gasteiger partial charge in [-0.15, -0.1) is 0 Å². The van der Waals surface area contributed by atoms with Crippen LogP contribution in [0.4, 0.5) is 0 Å². The molecule has 0 saturated heterocycles. The van der Waals surface area contributed by atoms with Gasteiger partial charge in [0.15, 0.2) is 17.1 Å². The highest BCUT2D eigenvalue weighted by atomic mass is 35.5. The molecule has 0 aliphatic carbocycles. The average Bonchev–Trinajstić information content (AvgIpc) is 3.16. The van der Waals surface area contributed by atoms with E-state index in [1.165, 1.54) is 12.1 Å². The van der Waals surface area contributed by atoms with Crippen molar-refractivity contribution in [2.45, 2.75) is 11.4 Å². The summed E-state index contributed by atoms with van der Waals surface area (Å²) in [5, 5.41) is -0.0252. The number of halogens is 1. The standard InChI is InChI=1S/C15H11ClN2O6S/c16-9-4-10-12(24-15(19)18-10)5-14(9)25(20,21)17-6-8-1-2-11-13(3-8)23-7-22-11/h1-5,17H,6-7H2,(H,18,19). The number of oxazole rings is 1. The molecule has 2 N–H and O–H groups in total. The van der Waals surface area contributed by atoms with Gasteiger partial charge in [0.05, 0.1) is 10.5 Å². The largest absolute Gasteiger partial charge is 0.454 e. The number of sulfonamides is 1. The van der Waals surface area contributed by atoms with Gasteiger partial charge < -0.3 is 13.9 Å². The Morgan fingerprint density at radius 2 is 1.96 bits per heavy atom. The third-order valence-corrected chi connectivity index (χ3v) is 5.53. The van der Waals surface area contributed by atoms with Gasteiger partial charge in [-0.05, 0) is 23.8 Å². The van der Waals surface area contributed by atoms with Gasteiger partial charge in [0.2, 0.25) is 16.8 Å². The van der Waals surface area contributed by atoms with Gasteiger partial charge in [-0.1, -0.05) is 17.7 Å². The molecule has 10 heteroatoms. The molecule has 8 nitrogen and oxygen atoms in total. The van der Waals surface area contributed by atoms with E-state index in [1.807, 2.05) is 0 Å². The summed E-state index contributed by atoms with van der Waals surface area (Å²) >= 11 is 6.04. The first kappa shape index (κ1) is 16.0. The zero-order chi connectivity index (χ0) is 17.6. The summed E-state index contributed by atoms with van der Waals surface area (Å²) in [6.07, 6.45) is 0. The molecule has 0 fully saturated rings. The smallest absolute Gasteiger partial charge is 0.417 e. The Kier molecular flexibility index (Phi) is 3.71. The summed E-state index contributed by atoms with van der Waals surface area (Å²) in [7, 11) is -3.92. The van der Waals surface area contributed by atoms with Crippen LogP contribution >= 0.6 is 11.6 Å². The van der Waals surface area contributed by atoms with Crippen molar-refractivity contribution in [2.24, 2.45) is 0 Å². The number of hydrogen-bond donors (Lipinski definition) is 2. The van der Waals surface area contributed by atoms with Crippen molar-refractivity contribution >= 4 is 32.7 Å². The normalized spacial score (nSPS) is 13.5. The molecule has 130 valence electrons. The second-order valence-corrected chi connectivity index (χ2v) is 7.45. The number of fused-ring (bicyclic) bond motifs is 2. The molecule has 0 atom stereocenters. The summed E-state index contributed by atoms with van der Waals surface area (Å²) < 4.78 is 42.9. The van der Waals surface area contributed by atoms with Crippen LogP contribution in [-0.4, -0.2) is 20.2 Å². The molecule has 0 bridgehead atoms. The van der Waals surface area contributed by atoms with Gasteiger partial charge in [-0.2, -0.15) is 0 Å². The number of nitrogens with one attached hydrogen (secondary N) is 2. The SMILES string of the molecule is O=c1[nH]c2cc(Cl)c(S(=O)(=O)NCc3ccc4c(c3)OCO4)cc2o1. The Labute approximate surface area is 146 Å². The Bertz CT molecular complexity index is 1130. The van der Waals surface area contributed by atoms with E-state index >= 15 is 0 Å². The summed E-state index contributed by atoms with van der Waals surface area (Å²) in [5.41, 5.74) is 1.13. The predicted octanol–water partition coefficient (Wildman–Crippen LogP) is 1.98. The molecule has 2 heterocycles. The number of aromatic nitrogens is 1. The van der Waals surface area contributed by atoms with E-state index in [-0.39, 0.29) is 28.8 Å². The number of hydrogen-bond acceptors (Lipinski definition) is 6. The highest BCUT2D eigenvalue weighted by Crippen LogP contribution is 2.32. The zero-order valence-electron chi connectivity index (χ0n) is 12.5. The molecule has 0 saturated carbocycles. The van der Waals surface area contributed by atoms with E-state index in [1.54, 1.807) is 18.2 Å². The Hall–Kier alpha value is -2.49. The maximum atomic E-state index is 12.5. The van der Waals surface area contributed by atoms with Crippen LogP contribution in [0.15, 0.2) is 44.4 Å². The lowest BCUT2D eigenvalue weighted by Crippen LogP contribution is -2.23. The van der Waals surface area contributed by atoms with Crippen LogP contribution in [0.5, 0.6) is 11.5 Å². The predicted molar refractivity (Wildman–Crippen MR) is 88.4 cm³/mol. The van der Waals surface area contributed by atoms with E-state index in [0.717, 1.165) is 0 Å². The Morgan fingerprint density at radius 3 is 2.80 bits per heavy atom. The molecule has 25 heavy (non-hydrogen) atoms. The van der Waals surface area contributed by atoms with Crippen molar-refractivity contribution in [1.82, 2.24) is 9.71 Å². The van der Waals surface area contributed by atoms with E-state index < -0.39 is 15.8 Å². The molecule has 0 spiro atoms. The first-order chi connectivity index (χ1) is 11.9. The zero-order valence-corrected chi connectivity index (χ0v) is 14.1. The lowest BCUT2D eigenvalue weighted by atomic mass is 10.2. The monoisotopic (exact) mass is 382 g/mol. The number of aromatic amines is 1. The Balaban J connectivity index is 1.61. The highest BCUT2D eigenvalue weighted by molar-refractivity contribution is 7.89. The van der Waals surface area contributed by atoms with E-state index in [4.69, 9.17) is 25.5 Å². The van der Waals surface area contributed by atoms with Gasteiger partial charge in [0, 0.05) is 12.6 Å². The average molecular weight is 383 g/mol. The van der Waals surface area contributed by atoms with Gasteiger partial charge >= 0.3 is 5.76 Å². The summed E-state index contributed by atoms with van der Waals surface area (Å²) in [5.74, 6) is 0.488. The van der Waals surface area contributed by atoms with Crippen molar-refractivity contribution in [1.29, 1.82) is 0 Å². The molecule has 4 rings (SSSR count). The molecule has 1 aliphatic heterocycles. The van der Waals surface area contributed by atoms with Gasteiger partial charge in [-0.25, -0.2) is 17.9 Å². The minimum Gasteiger partial charge on any atom is -0.454 e. The second-order valence-electron chi connectivity index (χ2n) is 5.31. The molecule has 1 aromatic heterocycles. The van der Waals surface area contributed by atoms with Crippen molar-refractivity contribution in [3.63, 3.8) is 0 Å². The van der Waals surface area contributed by atoms with Crippen molar-refractivity contribution < 1.29 is 22.3 Å². The van der Waals surface area contributed by atoms with Crippen LogP contribution in [0.2, 0.25) is 5.02 Å². The molecule has 0 unspecified atom stereocenters. The quantitative estimate of drug-likeness (QED) is 0.713. The van der Waals surface area contributed by atoms with Crippen LogP contribution in [0.1, 0.15) is 5.56 Å². The fourth-order valence-electron chi connectivity index (χ4n) is 2.47. The fraction of sp³-hybridized carbons (Fsp3) is 0.133. The summed E-state index contributed by atoms with van der Waals surface area (Å²) in [6, 6.07) is 7.67. The molecule has 3 aromatic rings. The minimum atomic E-state index is -3.92. The highest BCUT2D eigenvalue weighted by Gasteiger charge is 2.21. The molecule has 1 aliphatic rings. The molecule has 0 amide bonds. The summed E-state index contributed by atoms with van der Waals surface area (Å²) in [6.45, 7) is 0.173. The first-order valence-corrected chi connectivity index (χ1v) is 8.99. The van der Waals surface area contributed by atoms with Crippen molar-refractivity contribution in [3.8, 4) is 11.5 Å². The van der Waals surface area contributed by atoms with Gasteiger partial charge in [-0.3, -0.25) is 4.98 Å². The van der Waals surface area contributed by atoms with Crippen LogP contribution < -0.4 is 20.0 Å². The molecular weight excluding hydrogens is 372 g/mol. The lowest BCUT2D eigenvalue weighted by molar-refractivity contribution is 0.174. The van der Waals surface area contributed by atoms with E-state index in [0.29, 0.717) is 22.6 Å². The maximum absolute atomic E-state index is 12.5. The maximum Gasteiger partial charge on any atom is 0.417 e. The number of H-pyrrole nitrogens is 1. The number of benzene rings is 2. The lowest BCUT2D eigenvalue weighted by Gasteiger charge is -2.09. The minimum absolute atomic E-state index is 0.0252. The third-order valence-electron chi connectivity index (χ3n) is 3.67. The fourth-order valence-corrected chi connectivity index (χ4v) is 4.02. The number of ether oxygens (including phenoxy) is 2. The van der Waals surface area contributed by atoms with Crippen LogP contribution in [0.25, 0.3) is 11.1 Å². The van der Waals surface area contributed by atoms with Crippen LogP contribution in [0, 0.1) is 0 Å². The molecule has 0 radical (unpaired) electrons. The second kappa shape index (κ2) is 5.80. The van der Waals surface area contributed by atoms with E-state index in [2.05, 4.69) is 9.71 Å². The summed E-state index contributed by atoms with van der Waals surface area (Å²) in [4.78, 5) is 13.4. The third kappa shape index (κ3) is 2.97. The first-order valence-electron chi connectivity index (χ1n) is 7.13. The van der Waals surface area contributed by atoms with Gasteiger partial charge in [0.1, 0.15) is 4.90 Å².